The van der Waals surface area contributed by atoms with Crippen LogP contribution in [0.4, 0.5) is 0 Å². The highest BCUT2D eigenvalue weighted by Crippen LogP contribution is 2.26. The fourth-order valence-corrected chi connectivity index (χ4v) is 3.62. The van der Waals surface area contributed by atoms with Crippen molar-refractivity contribution in [2.75, 3.05) is 6.54 Å². The molecule has 4 rings (SSSR count). The summed E-state index contributed by atoms with van der Waals surface area (Å²) in [7, 11) is 0. The predicted octanol–water partition coefficient (Wildman–Crippen LogP) is 3.49. The highest BCUT2D eigenvalue weighted by Gasteiger charge is 2.22. The van der Waals surface area contributed by atoms with Crippen LogP contribution in [0.2, 0.25) is 5.15 Å². The van der Waals surface area contributed by atoms with E-state index in [1.807, 2.05) is 55.1 Å². The van der Waals surface area contributed by atoms with Gasteiger partial charge in [-0.1, -0.05) is 29.8 Å². The largest absolute Gasteiger partial charge is 0.294 e. The van der Waals surface area contributed by atoms with Crippen LogP contribution in [-0.2, 0) is 19.5 Å². The van der Waals surface area contributed by atoms with Gasteiger partial charge < -0.3 is 0 Å². The van der Waals surface area contributed by atoms with Crippen molar-refractivity contribution in [3.05, 3.63) is 70.0 Å². The minimum absolute atomic E-state index is 0.689. The van der Waals surface area contributed by atoms with Gasteiger partial charge in [0, 0.05) is 49.1 Å². The van der Waals surface area contributed by atoms with Crippen LogP contribution in [0.15, 0.2) is 36.5 Å². The zero-order valence-corrected chi connectivity index (χ0v) is 15.2. The Morgan fingerprint density at radius 2 is 1.96 bits per heavy atom. The Morgan fingerprint density at radius 3 is 2.76 bits per heavy atom. The summed E-state index contributed by atoms with van der Waals surface area (Å²) in [4.78, 5) is 11.3. The lowest BCUT2D eigenvalue weighted by atomic mass is 10.1. The van der Waals surface area contributed by atoms with Crippen molar-refractivity contribution in [1.82, 2.24) is 24.6 Å². The summed E-state index contributed by atoms with van der Waals surface area (Å²) < 4.78 is 1.82. The van der Waals surface area contributed by atoms with Crippen molar-refractivity contribution in [2.24, 2.45) is 0 Å². The molecule has 0 amide bonds. The van der Waals surface area contributed by atoms with Crippen LogP contribution in [0, 0.1) is 13.8 Å². The average molecular weight is 354 g/mol. The molecule has 1 aliphatic rings. The van der Waals surface area contributed by atoms with Gasteiger partial charge in [-0.15, -0.1) is 0 Å². The summed E-state index contributed by atoms with van der Waals surface area (Å²) >= 11 is 6.65. The lowest BCUT2D eigenvalue weighted by Gasteiger charge is -2.27. The van der Waals surface area contributed by atoms with E-state index >= 15 is 0 Å². The summed E-state index contributed by atoms with van der Waals surface area (Å²) in [5, 5.41) is 5.32. The van der Waals surface area contributed by atoms with Crippen LogP contribution >= 0.6 is 11.6 Å². The van der Waals surface area contributed by atoms with Crippen LogP contribution in [0.1, 0.15) is 28.3 Å². The van der Waals surface area contributed by atoms with Crippen LogP contribution in [0.25, 0.3) is 5.69 Å². The summed E-state index contributed by atoms with van der Waals surface area (Å²) in [6.07, 6.45) is 2.90. The molecule has 0 saturated carbocycles. The molecule has 0 unspecified atom stereocenters. The molecular formula is C19H20ClN5. The third kappa shape index (κ3) is 3.17. The normalized spacial score (nSPS) is 14.5. The van der Waals surface area contributed by atoms with Gasteiger partial charge in [0.25, 0.3) is 0 Å². The number of benzene rings is 1. The van der Waals surface area contributed by atoms with Gasteiger partial charge in [0.2, 0.25) is 0 Å². The van der Waals surface area contributed by atoms with E-state index < -0.39 is 0 Å². The standard InChI is InChI=1S/C19H20ClN5/c1-13-17(19(20)25(23-13)16-6-4-3-5-7-16)12-24-9-8-18-15(11-24)10-21-14(2)22-18/h3-7,10H,8-9,11-12H2,1-2H3. The van der Waals surface area contributed by atoms with Crippen molar-refractivity contribution < 1.29 is 0 Å². The fourth-order valence-electron chi connectivity index (χ4n) is 3.28. The molecule has 1 aliphatic heterocycles. The summed E-state index contributed by atoms with van der Waals surface area (Å²) in [6.45, 7) is 6.56. The Hall–Kier alpha value is -2.24. The molecular weight excluding hydrogens is 334 g/mol. The average Bonchev–Trinajstić information content (AvgIpc) is 2.91. The van der Waals surface area contributed by atoms with Gasteiger partial charge in [0.05, 0.1) is 11.4 Å². The number of nitrogens with zero attached hydrogens (tertiary/aromatic N) is 5. The number of para-hydroxylation sites is 1. The Balaban J connectivity index is 1.58. The Kier molecular flexibility index (Phi) is 4.27. The highest BCUT2D eigenvalue weighted by molar-refractivity contribution is 6.30. The first-order valence-electron chi connectivity index (χ1n) is 8.45. The molecule has 1 aromatic carbocycles. The zero-order chi connectivity index (χ0) is 17.4. The lowest BCUT2D eigenvalue weighted by Crippen LogP contribution is -2.31. The third-order valence-corrected chi connectivity index (χ3v) is 5.03. The number of aromatic nitrogens is 4. The van der Waals surface area contributed by atoms with E-state index in [4.69, 9.17) is 11.6 Å². The van der Waals surface area contributed by atoms with Crippen molar-refractivity contribution in [2.45, 2.75) is 33.4 Å². The van der Waals surface area contributed by atoms with Crippen molar-refractivity contribution in [3.63, 3.8) is 0 Å². The number of hydrogen-bond acceptors (Lipinski definition) is 4. The number of rotatable bonds is 3. The van der Waals surface area contributed by atoms with E-state index in [1.165, 1.54) is 11.3 Å². The molecule has 0 N–H and O–H groups in total. The molecule has 3 aromatic rings. The molecule has 0 bridgehead atoms. The summed E-state index contributed by atoms with van der Waals surface area (Å²) in [5.41, 5.74) is 5.42. The molecule has 25 heavy (non-hydrogen) atoms. The molecule has 5 nitrogen and oxygen atoms in total. The number of hydrogen-bond donors (Lipinski definition) is 0. The van der Waals surface area contributed by atoms with Gasteiger partial charge in [-0.05, 0) is 26.0 Å². The molecule has 0 atom stereocenters. The van der Waals surface area contributed by atoms with Crippen LogP contribution in [-0.4, -0.2) is 31.2 Å². The molecule has 0 fully saturated rings. The quantitative estimate of drug-likeness (QED) is 0.723. The van der Waals surface area contributed by atoms with Gasteiger partial charge in [-0.3, -0.25) is 4.90 Å². The van der Waals surface area contributed by atoms with Crippen molar-refractivity contribution in [1.29, 1.82) is 0 Å². The zero-order valence-electron chi connectivity index (χ0n) is 14.4. The van der Waals surface area contributed by atoms with Crippen LogP contribution in [0.5, 0.6) is 0 Å². The summed E-state index contributed by atoms with van der Waals surface area (Å²) in [5.74, 6) is 0.843. The maximum Gasteiger partial charge on any atom is 0.137 e. The Labute approximate surface area is 152 Å². The van der Waals surface area contributed by atoms with Crippen molar-refractivity contribution >= 4 is 11.6 Å². The minimum Gasteiger partial charge on any atom is -0.294 e. The van der Waals surface area contributed by atoms with Crippen LogP contribution in [0.3, 0.4) is 0 Å². The second kappa shape index (κ2) is 6.58. The van der Waals surface area contributed by atoms with E-state index in [0.717, 1.165) is 48.8 Å². The molecule has 0 aliphatic carbocycles. The predicted molar refractivity (Wildman–Crippen MR) is 97.9 cm³/mol. The highest BCUT2D eigenvalue weighted by atomic mass is 35.5. The topological polar surface area (TPSA) is 46.8 Å². The molecule has 2 aromatic heterocycles. The number of aryl methyl sites for hydroxylation is 2. The van der Waals surface area contributed by atoms with Crippen LogP contribution < -0.4 is 0 Å². The van der Waals surface area contributed by atoms with Gasteiger partial charge in [0.1, 0.15) is 11.0 Å². The van der Waals surface area contributed by atoms with Gasteiger partial charge >= 0.3 is 0 Å². The van der Waals surface area contributed by atoms with E-state index in [9.17, 15) is 0 Å². The lowest BCUT2D eigenvalue weighted by molar-refractivity contribution is 0.242. The number of fused-ring (bicyclic) bond motifs is 1. The molecule has 0 saturated heterocycles. The molecule has 3 heterocycles. The fraction of sp³-hybridized carbons (Fsp3) is 0.316. The maximum absolute atomic E-state index is 6.65. The second-order valence-electron chi connectivity index (χ2n) is 6.45. The third-order valence-electron chi connectivity index (χ3n) is 4.64. The Morgan fingerprint density at radius 1 is 1.16 bits per heavy atom. The summed E-state index contributed by atoms with van der Waals surface area (Å²) in [6, 6.07) is 10.00. The smallest absolute Gasteiger partial charge is 0.137 e. The van der Waals surface area contributed by atoms with E-state index in [2.05, 4.69) is 20.0 Å². The molecule has 0 spiro atoms. The van der Waals surface area contributed by atoms with Crippen molar-refractivity contribution in [3.8, 4) is 5.69 Å². The maximum atomic E-state index is 6.65. The number of halogens is 1. The Bertz CT molecular complexity index is 904. The second-order valence-corrected chi connectivity index (χ2v) is 6.81. The van der Waals surface area contributed by atoms with Gasteiger partial charge in [0.15, 0.2) is 0 Å². The SMILES string of the molecule is Cc1ncc2c(n1)CCN(Cc1c(C)nn(-c3ccccc3)c1Cl)C2. The minimum atomic E-state index is 0.689. The van der Waals surface area contributed by atoms with E-state index in [-0.39, 0.29) is 0 Å². The first-order valence-corrected chi connectivity index (χ1v) is 8.83. The van der Waals surface area contributed by atoms with Gasteiger partial charge in [-0.2, -0.15) is 5.10 Å². The van der Waals surface area contributed by atoms with Gasteiger partial charge in [-0.25, -0.2) is 14.6 Å². The molecule has 6 heteroatoms. The first kappa shape index (κ1) is 16.2. The monoisotopic (exact) mass is 353 g/mol. The molecule has 0 radical (unpaired) electrons. The first-order chi connectivity index (χ1) is 12.1. The van der Waals surface area contributed by atoms with E-state index in [1.54, 1.807) is 0 Å². The molecule has 128 valence electrons. The van der Waals surface area contributed by atoms with E-state index in [0.29, 0.717) is 5.15 Å².